The lowest BCUT2D eigenvalue weighted by Gasteiger charge is -2.50. The number of Topliss-reactive ketones (excluding diaryl/α,β-unsaturated/α-hetero) is 2. The first-order chi connectivity index (χ1) is 18.7. The minimum atomic E-state index is -4.86. The van der Waals surface area contributed by atoms with Crippen molar-refractivity contribution < 1.29 is 48.0 Å². The second-order valence-electron chi connectivity index (χ2n) is 11.3. The van der Waals surface area contributed by atoms with E-state index in [9.17, 15) is 48.0 Å². The number of nitrogens with two attached hydrogens (primary N) is 1. The number of benzene rings is 1. The van der Waals surface area contributed by atoms with Gasteiger partial charge in [-0.3, -0.25) is 14.4 Å². The predicted molar refractivity (Wildman–Crippen MR) is 135 cm³/mol. The summed E-state index contributed by atoms with van der Waals surface area (Å²) in [4.78, 5) is 39.4. The molecule has 0 radical (unpaired) electrons. The smallest absolute Gasteiger partial charge is 0.417 e. The van der Waals surface area contributed by atoms with E-state index in [-0.39, 0.29) is 17.5 Å². The average molecular weight is 565 g/mol. The number of ketones is 2. The highest BCUT2D eigenvalue weighted by molar-refractivity contribution is 6.23. The molecular weight excluding hydrogens is 533 g/mol. The first-order valence-electron chi connectivity index (χ1n) is 13.3. The molecule has 5 rings (SSSR count). The Morgan fingerprint density at radius 3 is 2.48 bits per heavy atom. The Balaban J connectivity index is 1.76. The molecule has 216 valence electrons. The molecule has 1 amide bonds. The SMILES string of the molecule is CC[C@@H](C)C1C(=O)C(C(N)=O)=C(O)[C@@]2(O)C(=O)C3=C(O)c4c(O)cc(C5CCCN5)c(C(F)(F)F)c4C[C@H]3C[C@@H]12. The van der Waals surface area contributed by atoms with Crippen LogP contribution in [0.3, 0.4) is 0 Å². The van der Waals surface area contributed by atoms with Gasteiger partial charge < -0.3 is 31.5 Å². The summed E-state index contributed by atoms with van der Waals surface area (Å²) in [5, 5.41) is 47.7. The summed E-state index contributed by atoms with van der Waals surface area (Å²) in [7, 11) is 0. The summed E-state index contributed by atoms with van der Waals surface area (Å²) in [5.41, 5.74) is -0.981. The van der Waals surface area contributed by atoms with Gasteiger partial charge in [0.2, 0.25) is 5.78 Å². The fraction of sp³-hybridized carbons (Fsp3) is 0.536. The largest absolute Gasteiger partial charge is 0.508 e. The van der Waals surface area contributed by atoms with E-state index in [2.05, 4.69) is 5.32 Å². The van der Waals surface area contributed by atoms with E-state index in [0.29, 0.717) is 25.8 Å². The number of alkyl halides is 3. The van der Waals surface area contributed by atoms with Crippen molar-refractivity contribution in [2.45, 2.75) is 63.8 Å². The number of phenols is 1. The van der Waals surface area contributed by atoms with Crippen LogP contribution < -0.4 is 11.1 Å². The Morgan fingerprint density at radius 2 is 1.93 bits per heavy atom. The van der Waals surface area contributed by atoms with Crippen LogP contribution in [0, 0.1) is 23.7 Å². The third-order valence-corrected chi connectivity index (χ3v) is 9.26. The van der Waals surface area contributed by atoms with Crippen LogP contribution in [0.4, 0.5) is 13.2 Å². The lowest BCUT2D eigenvalue weighted by Crippen LogP contribution is -2.62. The van der Waals surface area contributed by atoms with Gasteiger partial charge in [0.1, 0.15) is 22.8 Å². The van der Waals surface area contributed by atoms with Gasteiger partial charge >= 0.3 is 6.18 Å². The van der Waals surface area contributed by atoms with E-state index in [1.54, 1.807) is 13.8 Å². The van der Waals surface area contributed by atoms with Gasteiger partial charge in [-0.2, -0.15) is 13.2 Å². The number of phenolic OH excluding ortho intramolecular Hbond substituents is 1. The summed E-state index contributed by atoms with van der Waals surface area (Å²) in [5.74, 6) is -10.3. The van der Waals surface area contributed by atoms with Crippen molar-refractivity contribution in [1.82, 2.24) is 5.32 Å². The lowest BCUT2D eigenvalue weighted by molar-refractivity contribution is -0.155. The Labute approximate surface area is 227 Å². The number of rotatable bonds is 4. The zero-order valence-electron chi connectivity index (χ0n) is 21.9. The van der Waals surface area contributed by atoms with Gasteiger partial charge in [-0.25, -0.2) is 0 Å². The number of amides is 1. The molecule has 0 bridgehead atoms. The third kappa shape index (κ3) is 3.79. The first kappa shape index (κ1) is 28.2. The molecule has 2 fully saturated rings. The number of halogens is 3. The average Bonchev–Trinajstić information content (AvgIpc) is 3.39. The highest BCUT2D eigenvalue weighted by Gasteiger charge is 2.64. The van der Waals surface area contributed by atoms with Gasteiger partial charge in [0, 0.05) is 23.5 Å². The van der Waals surface area contributed by atoms with Crippen molar-refractivity contribution in [2.24, 2.45) is 29.4 Å². The predicted octanol–water partition coefficient (Wildman–Crippen LogP) is 3.14. The van der Waals surface area contributed by atoms with Crippen molar-refractivity contribution in [3.8, 4) is 5.75 Å². The van der Waals surface area contributed by atoms with Crippen LogP contribution >= 0.6 is 0 Å². The number of aromatic hydroxyl groups is 1. The van der Waals surface area contributed by atoms with E-state index in [4.69, 9.17) is 5.73 Å². The van der Waals surface area contributed by atoms with Crippen molar-refractivity contribution in [3.05, 3.63) is 45.2 Å². The molecule has 1 aliphatic heterocycles. The minimum absolute atomic E-state index is 0.159. The molecule has 1 aromatic carbocycles. The Bertz CT molecular complexity index is 1390. The standard InChI is InChI=1S/C28H31F3N2O7/c1-3-10(2)17-14-8-11-7-13-19(16(34)9-12(15-5-4-6-33-15)21(13)28(29,30)31)23(36)18(11)24(37)27(14,40)25(38)20(22(17)35)26(32)39/h9-11,14-15,17,33-34,36,38,40H,3-8H2,1-2H3,(H2,32,39)/t10-,11+,14+,15?,17?,27+/m1/s1. The van der Waals surface area contributed by atoms with E-state index in [1.165, 1.54) is 0 Å². The molecule has 2 unspecified atom stereocenters. The molecular formula is C28H31F3N2O7. The van der Waals surface area contributed by atoms with Gasteiger partial charge in [-0.1, -0.05) is 20.3 Å². The molecule has 9 nitrogen and oxygen atoms in total. The molecule has 12 heteroatoms. The van der Waals surface area contributed by atoms with Crippen LogP contribution in [0.1, 0.15) is 67.8 Å². The fourth-order valence-corrected chi connectivity index (χ4v) is 7.29. The number of fused-ring (bicyclic) bond motifs is 3. The first-order valence-corrected chi connectivity index (χ1v) is 13.3. The Kier molecular flexibility index (Phi) is 6.57. The third-order valence-electron chi connectivity index (χ3n) is 9.26. The molecule has 40 heavy (non-hydrogen) atoms. The van der Waals surface area contributed by atoms with Crippen LogP contribution in [0.25, 0.3) is 5.76 Å². The van der Waals surface area contributed by atoms with Crippen LogP contribution in [0.5, 0.6) is 5.75 Å². The molecule has 0 aromatic heterocycles. The number of primary amides is 1. The quantitative estimate of drug-likeness (QED) is 0.303. The molecule has 4 aliphatic rings. The fourth-order valence-electron chi connectivity index (χ4n) is 7.29. The van der Waals surface area contributed by atoms with Crippen LogP contribution in [0.2, 0.25) is 0 Å². The monoisotopic (exact) mass is 564 g/mol. The maximum Gasteiger partial charge on any atom is 0.417 e. The zero-order chi connectivity index (χ0) is 29.5. The van der Waals surface area contributed by atoms with Gasteiger partial charge in [-0.05, 0) is 61.3 Å². The zero-order valence-corrected chi connectivity index (χ0v) is 21.9. The van der Waals surface area contributed by atoms with E-state index >= 15 is 0 Å². The Hall–Kier alpha value is -3.38. The number of carbonyl (C=O) groups is 3. The van der Waals surface area contributed by atoms with Crippen molar-refractivity contribution in [1.29, 1.82) is 0 Å². The second kappa shape index (κ2) is 9.34. The van der Waals surface area contributed by atoms with E-state index in [0.717, 1.165) is 6.07 Å². The number of nitrogens with one attached hydrogen (secondary N) is 1. The highest BCUT2D eigenvalue weighted by Crippen LogP contribution is 2.56. The summed E-state index contributed by atoms with van der Waals surface area (Å²) >= 11 is 0. The molecule has 1 saturated carbocycles. The maximum atomic E-state index is 14.6. The molecule has 3 aliphatic carbocycles. The Morgan fingerprint density at radius 1 is 1.25 bits per heavy atom. The van der Waals surface area contributed by atoms with Crippen molar-refractivity contribution >= 4 is 23.2 Å². The molecule has 1 saturated heterocycles. The number of hydrogen-bond acceptors (Lipinski definition) is 8. The highest BCUT2D eigenvalue weighted by atomic mass is 19.4. The summed E-state index contributed by atoms with van der Waals surface area (Å²) in [6, 6.07) is 0.270. The number of carbonyl (C=O) groups excluding carboxylic acids is 3. The van der Waals surface area contributed by atoms with E-state index in [1.807, 2.05) is 0 Å². The minimum Gasteiger partial charge on any atom is -0.508 e. The number of aliphatic hydroxyl groups excluding tert-OH is 2. The van der Waals surface area contributed by atoms with Gasteiger partial charge in [-0.15, -0.1) is 0 Å². The van der Waals surface area contributed by atoms with Crippen molar-refractivity contribution in [3.63, 3.8) is 0 Å². The summed E-state index contributed by atoms with van der Waals surface area (Å²) in [6.07, 6.45) is -4.08. The van der Waals surface area contributed by atoms with Crippen LogP contribution in [-0.4, -0.2) is 50.0 Å². The lowest BCUT2D eigenvalue weighted by atomic mass is 9.54. The van der Waals surface area contributed by atoms with E-state index < -0.39 is 105 Å². The molecule has 1 heterocycles. The topological polar surface area (TPSA) is 170 Å². The molecule has 7 N–H and O–H groups in total. The van der Waals surface area contributed by atoms with Crippen LogP contribution in [0.15, 0.2) is 23.0 Å². The normalized spacial score (nSPS) is 31.1. The number of aliphatic hydroxyl groups is 3. The summed E-state index contributed by atoms with van der Waals surface area (Å²) < 4.78 is 43.7. The molecule has 1 aromatic rings. The summed E-state index contributed by atoms with van der Waals surface area (Å²) in [6.45, 7) is 3.91. The van der Waals surface area contributed by atoms with Gasteiger partial charge in [0.25, 0.3) is 5.91 Å². The van der Waals surface area contributed by atoms with Gasteiger partial charge in [0.05, 0.1) is 11.1 Å². The second-order valence-corrected chi connectivity index (χ2v) is 11.3. The van der Waals surface area contributed by atoms with Crippen molar-refractivity contribution in [2.75, 3.05) is 6.54 Å². The molecule has 0 spiro atoms. The van der Waals surface area contributed by atoms with Gasteiger partial charge in [0.15, 0.2) is 11.4 Å². The molecule has 6 atom stereocenters. The maximum absolute atomic E-state index is 14.6. The van der Waals surface area contributed by atoms with Crippen LogP contribution in [-0.2, 0) is 27.0 Å². The number of hydrogen-bond donors (Lipinski definition) is 6.